The summed E-state index contributed by atoms with van der Waals surface area (Å²) in [4.78, 5) is 22.8. The van der Waals surface area contributed by atoms with Crippen molar-refractivity contribution >= 4 is 5.91 Å². The molecule has 7 heteroatoms. The van der Waals surface area contributed by atoms with Gasteiger partial charge in [-0.3, -0.25) is 9.78 Å². The van der Waals surface area contributed by atoms with Gasteiger partial charge in [-0.25, -0.2) is 0 Å². The molecule has 1 atom stereocenters. The number of aromatic nitrogens is 3. The van der Waals surface area contributed by atoms with Gasteiger partial charge in [-0.1, -0.05) is 35.5 Å². The summed E-state index contributed by atoms with van der Waals surface area (Å²) in [5.74, 6) is 1.04. The first-order valence-corrected chi connectivity index (χ1v) is 8.97. The summed E-state index contributed by atoms with van der Waals surface area (Å²) in [7, 11) is 0. The maximum Gasteiger partial charge on any atom is 0.227 e. The highest BCUT2D eigenvalue weighted by molar-refractivity contribution is 5.76. The Balaban J connectivity index is 1.33. The van der Waals surface area contributed by atoms with Gasteiger partial charge in [0.1, 0.15) is 6.10 Å². The lowest BCUT2D eigenvalue weighted by atomic mass is 10.1. The van der Waals surface area contributed by atoms with Gasteiger partial charge < -0.3 is 14.2 Å². The standard InChI is InChI=1S/C20H20N4O3/c25-19(24-12-13-26-17(14-24)15-4-2-1-3-5-15)7-6-18-22-20(23-27-18)16-8-10-21-11-9-16/h1-5,8-11,17H,6-7,12-14H2/t17-/m0/s1. The Bertz CT molecular complexity index is 883. The number of carbonyl (C=O) groups is 1. The van der Waals surface area contributed by atoms with Crippen molar-refractivity contribution in [3.8, 4) is 11.4 Å². The van der Waals surface area contributed by atoms with E-state index in [1.54, 1.807) is 12.4 Å². The van der Waals surface area contributed by atoms with E-state index < -0.39 is 0 Å². The molecule has 0 saturated carbocycles. The van der Waals surface area contributed by atoms with Crippen molar-refractivity contribution in [2.75, 3.05) is 19.7 Å². The molecule has 138 valence electrons. The van der Waals surface area contributed by atoms with Crippen molar-refractivity contribution in [2.45, 2.75) is 18.9 Å². The molecule has 1 aliphatic rings. The zero-order valence-corrected chi connectivity index (χ0v) is 14.8. The van der Waals surface area contributed by atoms with E-state index in [0.717, 1.165) is 11.1 Å². The van der Waals surface area contributed by atoms with Gasteiger partial charge in [0.05, 0.1) is 13.2 Å². The van der Waals surface area contributed by atoms with Crippen LogP contribution in [-0.4, -0.2) is 45.6 Å². The average Bonchev–Trinajstić information content (AvgIpc) is 3.22. The van der Waals surface area contributed by atoms with Crippen LogP contribution in [-0.2, 0) is 16.0 Å². The van der Waals surface area contributed by atoms with Crippen molar-refractivity contribution in [1.82, 2.24) is 20.0 Å². The van der Waals surface area contributed by atoms with Crippen LogP contribution in [0.25, 0.3) is 11.4 Å². The molecule has 3 heterocycles. The number of ether oxygens (including phenoxy) is 1. The van der Waals surface area contributed by atoms with E-state index in [1.165, 1.54) is 0 Å². The number of pyridine rings is 1. The van der Waals surface area contributed by atoms with Gasteiger partial charge >= 0.3 is 0 Å². The topological polar surface area (TPSA) is 81.3 Å². The summed E-state index contributed by atoms with van der Waals surface area (Å²) >= 11 is 0. The summed E-state index contributed by atoms with van der Waals surface area (Å²) in [6.07, 6.45) is 4.03. The monoisotopic (exact) mass is 364 g/mol. The van der Waals surface area contributed by atoms with E-state index in [-0.39, 0.29) is 12.0 Å². The van der Waals surface area contributed by atoms with Crippen LogP contribution in [0.1, 0.15) is 24.0 Å². The van der Waals surface area contributed by atoms with Gasteiger partial charge in [-0.05, 0) is 17.7 Å². The molecule has 0 spiro atoms. The number of rotatable bonds is 5. The number of hydrogen-bond acceptors (Lipinski definition) is 6. The maximum atomic E-state index is 12.6. The maximum absolute atomic E-state index is 12.6. The lowest BCUT2D eigenvalue weighted by Crippen LogP contribution is -2.42. The Hall–Kier alpha value is -3.06. The molecule has 0 aliphatic carbocycles. The van der Waals surface area contributed by atoms with Crippen LogP contribution in [0.2, 0.25) is 0 Å². The van der Waals surface area contributed by atoms with E-state index in [2.05, 4.69) is 15.1 Å². The quantitative estimate of drug-likeness (QED) is 0.692. The lowest BCUT2D eigenvalue weighted by molar-refractivity contribution is -0.139. The zero-order valence-electron chi connectivity index (χ0n) is 14.8. The van der Waals surface area contributed by atoms with Crippen LogP contribution >= 0.6 is 0 Å². The molecule has 7 nitrogen and oxygen atoms in total. The molecule has 3 aromatic rings. The largest absolute Gasteiger partial charge is 0.370 e. The summed E-state index contributed by atoms with van der Waals surface area (Å²) in [5.41, 5.74) is 1.93. The minimum absolute atomic E-state index is 0.0721. The first-order chi connectivity index (χ1) is 13.3. The van der Waals surface area contributed by atoms with E-state index in [1.807, 2.05) is 47.4 Å². The van der Waals surface area contributed by atoms with Crippen LogP contribution in [0.5, 0.6) is 0 Å². The number of hydrogen-bond donors (Lipinski definition) is 0. The molecule has 1 aliphatic heterocycles. The number of amides is 1. The van der Waals surface area contributed by atoms with E-state index in [9.17, 15) is 4.79 Å². The van der Waals surface area contributed by atoms with Gasteiger partial charge in [0.2, 0.25) is 17.6 Å². The van der Waals surface area contributed by atoms with E-state index in [0.29, 0.717) is 44.3 Å². The molecule has 0 bridgehead atoms. The van der Waals surface area contributed by atoms with E-state index in [4.69, 9.17) is 9.26 Å². The van der Waals surface area contributed by atoms with Gasteiger partial charge in [0.25, 0.3) is 0 Å². The number of aryl methyl sites for hydroxylation is 1. The SMILES string of the molecule is O=C(CCc1nc(-c2ccncc2)no1)N1CCO[C@H](c2ccccc2)C1. The van der Waals surface area contributed by atoms with Crippen molar-refractivity contribution in [3.63, 3.8) is 0 Å². The molecule has 2 aromatic heterocycles. The Morgan fingerprint density at radius 2 is 1.96 bits per heavy atom. The van der Waals surface area contributed by atoms with Crippen LogP contribution in [0.15, 0.2) is 59.4 Å². The molecule has 1 amide bonds. The van der Waals surface area contributed by atoms with Crippen molar-refractivity contribution in [1.29, 1.82) is 0 Å². The predicted octanol–water partition coefficient (Wildman–Crippen LogP) is 2.66. The fourth-order valence-electron chi connectivity index (χ4n) is 3.09. The highest BCUT2D eigenvalue weighted by Gasteiger charge is 2.25. The Labute approximate surface area is 157 Å². The number of morpholine rings is 1. The first kappa shape index (κ1) is 17.4. The highest BCUT2D eigenvalue weighted by Crippen LogP contribution is 2.22. The second kappa shape index (κ2) is 8.09. The van der Waals surface area contributed by atoms with Crippen LogP contribution in [0.3, 0.4) is 0 Å². The summed E-state index contributed by atoms with van der Waals surface area (Å²) in [6, 6.07) is 13.6. The molecular weight excluding hydrogens is 344 g/mol. The Morgan fingerprint density at radius 1 is 1.15 bits per heavy atom. The van der Waals surface area contributed by atoms with Crippen molar-refractivity contribution in [2.24, 2.45) is 0 Å². The van der Waals surface area contributed by atoms with Crippen LogP contribution in [0, 0.1) is 0 Å². The molecule has 1 fully saturated rings. The van der Waals surface area contributed by atoms with Crippen LogP contribution < -0.4 is 0 Å². The highest BCUT2D eigenvalue weighted by atomic mass is 16.5. The molecule has 0 radical (unpaired) electrons. The molecule has 1 aromatic carbocycles. The Kier molecular flexibility index (Phi) is 5.20. The molecule has 0 unspecified atom stereocenters. The first-order valence-electron chi connectivity index (χ1n) is 8.97. The average molecular weight is 364 g/mol. The second-order valence-electron chi connectivity index (χ2n) is 6.36. The number of benzene rings is 1. The van der Waals surface area contributed by atoms with Gasteiger partial charge in [-0.2, -0.15) is 4.98 Å². The zero-order chi connectivity index (χ0) is 18.5. The fourth-order valence-corrected chi connectivity index (χ4v) is 3.09. The third kappa shape index (κ3) is 4.20. The van der Waals surface area contributed by atoms with Crippen LogP contribution in [0.4, 0.5) is 0 Å². The Morgan fingerprint density at radius 3 is 2.78 bits per heavy atom. The number of nitrogens with zero attached hydrogens (tertiary/aromatic N) is 4. The smallest absolute Gasteiger partial charge is 0.227 e. The number of carbonyl (C=O) groups excluding carboxylic acids is 1. The van der Waals surface area contributed by atoms with Gasteiger partial charge in [0.15, 0.2) is 0 Å². The summed E-state index contributed by atoms with van der Waals surface area (Å²) < 4.78 is 11.1. The van der Waals surface area contributed by atoms with E-state index >= 15 is 0 Å². The summed E-state index contributed by atoms with van der Waals surface area (Å²) in [6.45, 7) is 1.71. The third-order valence-electron chi connectivity index (χ3n) is 4.55. The second-order valence-corrected chi connectivity index (χ2v) is 6.36. The third-order valence-corrected chi connectivity index (χ3v) is 4.55. The normalized spacial score (nSPS) is 17.0. The lowest BCUT2D eigenvalue weighted by Gasteiger charge is -2.33. The summed E-state index contributed by atoms with van der Waals surface area (Å²) in [5, 5.41) is 3.97. The van der Waals surface area contributed by atoms with Crippen molar-refractivity contribution < 1.29 is 14.1 Å². The minimum Gasteiger partial charge on any atom is -0.370 e. The van der Waals surface area contributed by atoms with Crippen molar-refractivity contribution in [3.05, 3.63) is 66.3 Å². The predicted molar refractivity (Wildman–Crippen MR) is 97.6 cm³/mol. The molecule has 27 heavy (non-hydrogen) atoms. The molecular formula is C20H20N4O3. The fraction of sp³-hybridized carbons (Fsp3) is 0.300. The van der Waals surface area contributed by atoms with Gasteiger partial charge in [-0.15, -0.1) is 0 Å². The van der Waals surface area contributed by atoms with Gasteiger partial charge in [0, 0.05) is 37.3 Å². The molecule has 0 N–H and O–H groups in total. The molecule has 4 rings (SSSR count). The molecule has 1 saturated heterocycles. The minimum atomic E-state index is -0.0782.